The van der Waals surface area contributed by atoms with E-state index in [1.54, 1.807) is 18.3 Å². The van der Waals surface area contributed by atoms with Gasteiger partial charge in [-0.3, -0.25) is 4.79 Å². The molecule has 1 heterocycles. The second-order valence-electron chi connectivity index (χ2n) is 6.69. The Hall–Kier alpha value is -1.03. The zero-order chi connectivity index (χ0) is 15.0. The van der Waals surface area contributed by atoms with Gasteiger partial charge in [0.25, 0.3) is 0 Å². The molecule has 0 bridgehead atoms. The third-order valence-electron chi connectivity index (χ3n) is 5.05. The number of hydrogen-bond acceptors (Lipinski definition) is 4. The van der Waals surface area contributed by atoms with Gasteiger partial charge in [-0.1, -0.05) is 13.3 Å². The number of anilines is 2. The van der Waals surface area contributed by atoms with Gasteiger partial charge in [-0.25, -0.2) is 0 Å². The molecule has 3 N–H and O–H groups in total. The Morgan fingerprint density at radius 1 is 1.24 bits per heavy atom. The lowest BCUT2D eigenvalue weighted by Crippen LogP contribution is -2.25. The van der Waals surface area contributed by atoms with Crippen molar-refractivity contribution >= 4 is 27.8 Å². The van der Waals surface area contributed by atoms with Crippen LogP contribution < -0.4 is 11.1 Å². The van der Waals surface area contributed by atoms with Crippen LogP contribution >= 0.6 is 11.3 Å². The molecule has 2 aliphatic carbocycles. The maximum atomic E-state index is 11.8. The molecule has 2 fully saturated rings. The molecule has 0 unspecified atom stereocenters. The number of carbonyl (C=O) groups is 1. The minimum absolute atomic E-state index is 0.0992. The Morgan fingerprint density at radius 2 is 1.90 bits per heavy atom. The number of thiophene rings is 1. The molecule has 0 atom stereocenters. The SMILES string of the molecule is CCC1CCC(Nc2sc(C(C)=O)c(N)c2C2CC2)CC1. The van der Waals surface area contributed by atoms with Gasteiger partial charge < -0.3 is 11.1 Å². The summed E-state index contributed by atoms with van der Waals surface area (Å²) in [6.45, 7) is 3.91. The first-order chi connectivity index (χ1) is 10.1. The number of nitrogens with two attached hydrogens (primary N) is 1. The molecule has 3 rings (SSSR count). The molecule has 3 nitrogen and oxygen atoms in total. The van der Waals surface area contributed by atoms with Crippen molar-refractivity contribution in [2.45, 2.75) is 70.8 Å². The van der Waals surface area contributed by atoms with E-state index in [9.17, 15) is 4.79 Å². The average molecular weight is 306 g/mol. The van der Waals surface area contributed by atoms with E-state index < -0.39 is 0 Å². The monoisotopic (exact) mass is 306 g/mol. The van der Waals surface area contributed by atoms with Crippen molar-refractivity contribution in [2.75, 3.05) is 11.1 Å². The fourth-order valence-electron chi connectivity index (χ4n) is 3.50. The maximum Gasteiger partial charge on any atom is 0.171 e. The molecule has 116 valence electrons. The Bertz CT molecular complexity index is 525. The van der Waals surface area contributed by atoms with Crippen LogP contribution in [0.1, 0.15) is 79.9 Å². The van der Waals surface area contributed by atoms with Crippen molar-refractivity contribution < 1.29 is 4.79 Å². The van der Waals surface area contributed by atoms with Crippen molar-refractivity contribution in [3.8, 4) is 0 Å². The predicted molar refractivity (Wildman–Crippen MR) is 90.4 cm³/mol. The smallest absolute Gasteiger partial charge is 0.171 e. The number of carbonyl (C=O) groups excluding carboxylic acids is 1. The van der Waals surface area contributed by atoms with E-state index in [2.05, 4.69) is 12.2 Å². The van der Waals surface area contributed by atoms with E-state index in [1.165, 1.54) is 55.5 Å². The zero-order valence-electron chi connectivity index (χ0n) is 13.1. The Balaban J connectivity index is 1.76. The minimum atomic E-state index is 0.0992. The van der Waals surface area contributed by atoms with Gasteiger partial charge in [-0.15, -0.1) is 11.3 Å². The summed E-state index contributed by atoms with van der Waals surface area (Å²) in [6.07, 6.45) is 8.89. The van der Waals surface area contributed by atoms with E-state index in [0.29, 0.717) is 12.0 Å². The van der Waals surface area contributed by atoms with Crippen LogP contribution in [0, 0.1) is 5.92 Å². The molecule has 0 saturated heterocycles. The number of ketones is 1. The topological polar surface area (TPSA) is 55.1 Å². The molecular formula is C17H26N2OS. The highest BCUT2D eigenvalue weighted by atomic mass is 32.1. The van der Waals surface area contributed by atoms with Crippen LogP contribution in [0.25, 0.3) is 0 Å². The van der Waals surface area contributed by atoms with Gasteiger partial charge in [-0.2, -0.15) is 0 Å². The lowest BCUT2D eigenvalue weighted by molar-refractivity contribution is 0.102. The number of Topliss-reactive ketones (excluding diaryl/α,β-unsaturated/α-hetero) is 1. The van der Waals surface area contributed by atoms with Crippen molar-refractivity contribution in [2.24, 2.45) is 5.92 Å². The average Bonchev–Trinajstić information content (AvgIpc) is 3.24. The molecule has 0 amide bonds. The molecule has 1 aromatic rings. The number of nitrogens with one attached hydrogen (secondary N) is 1. The Morgan fingerprint density at radius 3 is 2.43 bits per heavy atom. The third-order valence-corrected chi connectivity index (χ3v) is 6.30. The second-order valence-corrected chi connectivity index (χ2v) is 7.71. The fraction of sp³-hybridized carbons (Fsp3) is 0.706. The lowest BCUT2D eigenvalue weighted by Gasteiger charge is -2.29. The normalized spacial score (nSPS) is 25.8. The highest BCUT2D eigenvalue weighted by Gasteiger charge is 2.33. The van der Waals surface area contributed by atoms with E-state index in [4.69, 9.17) is 5.73 Å². The van der Waals surface area contributed by atoms with E-state index in [1.807, 2.05) is 0 Å². The zero-order valence-corrected chi connectivity index (χ0v) is 13.9. The van der Waals surface area contributed by atoms with Crippen molar-refractivity contribution in [1.29, 1.82) is 0 Å². The Labute approximate surface area is 131 Å². The van der Waals surface area contributed by atoms with Gasteiger partial charge in [0.05, 0.1) is 15.6 Å². The highest BCUT2D eigenvalue weighted by molar-refractivity contribution is 7.18. The van der Waals surface area contributed by atoms with E-state index in [-0.39, 0.29) is 5.78 Å². The van der Waals surface area contributed by atoms with Gasteiger partial charge in [0, 0.05) is 18.5 Å². The highest BCUT2D eigenvalue weighted by Crippen LogP contribution is 2.51. The summed E-state index contributed by atoms with van der Waals surface area (Å²) in [5.74, 6) is 1.60. The largest absolute Gasteiger partial charge is 0.397 e. The molecule has 0 aliphatic heterocycles. The van der Waals surface area contributed by atoms with Crippen LogP contribution in [0.2, 0.25) is 0 Å². The predicted octanol–water partition coefficient (Wildman–Crippen LogP) is 4.79. The molecule has 2 aliphatic rings. The van der Waals surface area contributed by atoms with Gasteiger partial charge in [0.15, 0.2) is 5.78 Å². The quantitative estimate of drug-likeness (QED) is 0.769. The third kappa shape index (κ3) is 3.10. The molecule has 4 heteroatoms. The number of rotatable bonds is 5. The molecule has 1 aromatic heterocycles. The summed E-state index contributed by atoms with van der Waals surface area (Å²) in [7, 11) is 0. The first kappa shape index (κ1) is 14.9. The molecule has 0 spiro atoms. The maximum absolute atomic E-state index is 11.8. The van der Waals surface area contributed by atoms with Crippen molar-refractivity contribution in [3.05, 3.63) is 10.4 Å². The summed E-state index contributed by atoms with van der Waals surface area (Å²) >= 11 is 1.58. The molecule has 0 aromatic carbocycles. The van der Waals surface area contributed by atoms with Crippen molar-refractivity contribution in [1.82, 2.24) is 0 Å². The first-order valence-electron chi connectivity index (χ1n) is 8.29. The summed E-state index contributed by atoms with van der Waals surface area (Å²) in [5.41, 5.74) is 8.23. The van der Waals surface area contributed by atoms with Crippen LogP contribution in [0.4, 0.5) is 10.7 Å². The molecular weight excluding hydrogens is 280 g/mol. The number of hydrogen-bond donors (Lipinski definition) is 2. The molecule has 2 saturated carbocycles. The van der Waals surface area contributed by atoms with Crippen LogP contribution in [-0.2, 0) is 0 Å². The van der Waals surface area contributed by atoms with Gasteiger partial charge >= 0.3 is 0 Å². The van der Waals surface area contributed by atoms with E-state index >= 15 is 0 Å². The summed E-state index contributed by atoms with van der Waals surface area (Å²) in [5, 5.41) is 4.90. The summed E-state index contributed by atoms with van der Waals surface area (Å²) in [6, 6.07) is 0.558. The van der Waals surface area contributed by atoms with Crippen LogP contribution in [-0.4, -0.2) is 11.8 Å². The van der Waals surface area contributed by atoms with E-state index in [0.717, 1.165) is 16.5 Å². The molecule has 0 radical (unpaired) electrons. The van der Waals surface area contributed by atoms with Crippen LogP contribution in [0.3, 0.4) is 0 Å². The first-order valence-corrected chi connectivity index (χ1v) is 9.11. The fourth-order valence-corrected chi connectivity index (χ4v) is 4.68. The summed E-state index contributed by atoms with van der Waals surface area (Å²) in [4.78, 5) is 12.5. The number of nitrogen functional groups attached to an aromatic ring is 1. The standard InChI is InChI=1S/C17H26N2OS/c1-3-11-4-8-13(9-5-11)19-17-14(12-6-7-12)15(18)16(21-17)10(2)20/h11-13,19H,3-9,18H2,1-2H3. The van der Waals surface area contributed by atoms with Crippen molar-refractivity contribution in [3.63, 3.8) is 0 Å². The van der Waals surface area contributed by atoms with Gasteiger partial charge in [-0.05, 0) is 50.4 Å². The Kier molecular flexibility index (Phi) is 4.25. The molecule has 21 heavy (non-hydrogen) atoms. The minimum Gasteiger partial charge on any atom is -0.397 e. The van der Waals surface area contributed by atoms with Gasteiger partial charge in [0.2, 0.25) is 0 Å². The second kappa shape index (κ2) is 5.99. The summed E-state index contributed by atoms with van der Waals surface area (Å²) < 4.78 is 0. The lowest BCUT2D eigenvalue weighted by atomic mass is 9.84. The van der Waals surface area contributed by atoms with Crippen LogP contribution in [0.5, 0.6) is 0 Å². The van der Waals surface area contributed by atoms with Gasteiger partial charge in [0.1, 0.15) is 0 Å². The van der Waals surface area contributed by atoms with Crippen LogP contribution in [0.15, 0.2) is 0 Å².